The summed E-state index contributed by atoms with van der Waals surface area (Å²) >= 11 is 0. The molecule has 0 bridgehead atoms. The third-order valence-corrected chi connectivity index (χ3v) is 6.53. The number of carboxylic acid groups (broad SMARTS) is 1. The second kappa shape index (κ2) is 9.32. The third kappa shape index (κ3) is 4.35. The minimum atomic E-state index is -1.18. The van der Waals surface area contributed by atoms with Crippen molar-refractivity contribution in [3.05, 3.63) is 88.6 Å². The summed E-state index contributed by atoms with van der Waals surface area (Å²) in [5.74, 6) is -2.57. The number of rotatable bonds is 7. The Morgan fingerprint density at radius 1 is 1.24 bits per heavy atom. The highest BCUT2D eigenvalue weighted by atomic mass is 19.1. The van der Waals surface area contributed by atoms with Crippen LogP contribution < -0.4 is 0 Å². The van der Waals surface area contributed by atoms with Crippen LogP contribution >= 0.6 is 0 Å². The Balaban J connectivity index is 1.92. The van der Waals surface area contributed by atoms with Crippen molar-refractivity contribution < 1.29 is 18.7 Å². The summed E-state index contributed by atoms with van der Waals surface area (Å²) in [6.45, 7) is 8.82. The first-order valence-corrected chi connectivity index (χ1v) is 11.3. The minimum Gasteiger partial charge on any atom is -0.478 e. The molecule has 2 unspecified atom stereocenters. The van der Waals surface area contributed by atoms with Gasteiger partial charge in [-0.2, -0.15) is 0 Å². The zero-order valence-electron chi connectivity index (χ0n) is 18.9. The number of halogens is 2. The Morgan fingerprint density at radius 2 is 1.94 bits per heavy atom. The molecular formula is C27H28F2N2O2. The van der Waals surface area contributed by atoms with Gasteiger partial charge in [-0.15, -0.1) is 0 Å². The molecule has 0 amide bonds. The van der Waals surface area contributed by atoms with E-state index in [4.69, 9.17) is 5.11 Å². The van der Waals surface area contributed by atoms with Gasteiger partial charge >= 0.3 is 5.97 Å². The lowest BCUT2D eigenvalue weighted by Gasteiger charge is -2.42. The minimum absolute atomic E-state index is 0.0302. The van der Waals surface area contributed by atoms with Crippen molar-refractivity contribution in [1.29, 1.82) is 0 Å². The maximum Gasteiger partial charge on any atom is 0.328 e. The molecule has 2 heterocycles. The van der Waals surface area contributed by atoms with E-state index in [1.165, 1.54) is 18.2 Å². The van der Waals surface area contributed by atoms with Crippen molar-refractivity contribution in [2.75, 3.05) is 6.54 Å². The summed E-state index contributed by atoms with van der Waals surface area (Å²) in [5, 5.41) is 9.93. The number of hydrogen-bond donors (Lipinski definition) is 2. The zero-order valence-corrected chi connectivity index (χ0v) is 18.9. The molecule has 0 saturated heterocycles. The summed E-state index contributed by atoms with van der Waals surface area (Å²) in [4.78, 5) is 16.4. The predicted octanol–water partition coefficient (Wildman–Crippen LogP) is 6.24. The molecule has 1 aliphatic rings. The number of aromatic amines is 1. The number of nitrogens with zero attached hydrogens (tertiary/aromatic N) is 1. The predicted molar refractivity (Wildman–Crippen MR) is 127 cm³/mol. The van der Waals surface area contributed by atoms with Crippen molar-refractivity contribution in [1.82, 2.24) is 9.88 Å². The molecule has 4 nitrogen and oxygen atoms in total. The fourth-order valence-corrected chi connectivity index (χ4v) is 4.81. The molecule has 4 rings (SSSR count). The van der Waals surface area contributed by atoms with Crippen LogP contribution in [-0.2, 0) is 11.2 Å². The Bertz CT molecular complexity index is 1220. The van der Waals surface area contributed by atoms with Gasteiger partial charge in [0.25, 0.3) is 0 Å². The number of hydrogen-bond acceptors (Lipinski definition) is 2. The second-order valence-electron chi connectivity index (χ2n) is 8.58. The highest BCUT2D eigenvalue weighted by Gasteiger charge is 2.39. The van der Waals surface area contributed by atoms with E-state index in [0.717, 1.165) is 53.1 Å². The number of H-pyrrole nitrogens is 1. The molecule has 6 heteroatoms. The number of carbonyl (C=O) groups is 1. The Morgan fingerprint density at radius 3 is 2.58 bits per heavy atom. The van der Waals surface area contributed by atoms with Gasteiger partial charge in [-0.05, 0) is 54.7 Å². The molecule has 0 aliphatic carbocycles. The van der Waals surface area contributed by atoms with Crippen molar-refractivity contribution in [3.63, 3.8) is 0 Å². The smallest absolute Gasteiger partial charge is 0.328 e. The van der Waals surface area contributed by atoms with Crippen molar-refractivity contribution in [3.8, 4) is 0 Å². The van der Waals surface area contributed by atoms with Gasteiger partial charge in [0.05, 0.1) is 6.04 Å². The van der Waals surface area contributed by atoms with E-state index in [9.17, 15) is 4.79 Å². The summed E-state index contributed by atoms with van der Waals surface area (Å²) in [6.07, 6.45) is 4.46. The van der Waals surface area contributed by atoms with Gasteiger partial charge < -0.3 is 10.1 Å². The monoisotopic (exact) mass is 450 g/mol. The number of carboxylic acids is 1. The Labute approximate surface area is 192 Å². The van der Waals surface area contributed by atoms with Crippen LogP contribution in [0.3, 0.4) is 0 Å². The zero-order chi connectivity index (χ0) is 23.7. The summed E-state index contributed by atoms with van der Waals surface area (Å²) in [7, 11) is 0. The Hall–Kier alpha value is -3.25. The number of benzene rings is 2. The number of nitrogens with one attached hydrogen (secondary N) is 1. The average molecular weight is 451 g/mol. The van der Waals surface area contributed by atoms with Crippen LogP contribution in [0.4, 0.5) is 8.78 Å². The van der Waals surface area contributed by atoms with E-state index in [2.05, 4.69) is 23.4 Å². The topological polar surface area (TPSA) is 56.3 Å². The lowest BCUT2D eigenvalue weighted by Crippen LogP contribution is -2.45. The van der Waals surface area contributed by atoms with Crippen LogP contribution in [0, 0.1) is 11.6 Å². The van der Waals surface area contributed by atoms with Gasteiger partial charge in [-0.1, -0.05) is 44.2 Å². The van der Waals surface area contributed by atoms with E-state index in [1.807, 2.05) is 31.2 Å². The number of para-hydroxylation sites is 1. The molecule has 0 radical (unpaired) electrons. The van der Waals surface area contributed by atoms with Crippen molar-refractivity contribution in [2.24, 2.45) is 0 Å². The maximum absolute atomic E-state index is 15.5. The molecule has 33 heavy (non-hydrogen) atoms. The maximum atomic E-state index is 15.5. The molecule has 0 saturated carbocycles. The molecule has 0 fully saturated rings. The van der Waals surface area contributed by atoms with Crippen molar-refractivity contribution in [2.45, 2.75) is 45.2 Å². The van der Waals surface area contributed by atoms with Crippen LogP contribution in [0.1, 0.15) is 55.1 Å². The number of aliphatic carboxylic acids is 1. The van der Waals surface area contributed by atoms with Gasteiger partial charge in [0, 0.05) is 40.8 Å². The lowest BCUT2D eigenvalue weighted by molar-refractivity contribution is -0.131. The summed E-state index contributed by atoms with van der Waals surface area (Å²) in [5.41, 5.74) is 3.98. The molecule has 2 atom stereocenters. The molecule has 1 aliphatic heterocycles. The van der Waals surface area contributed by atoms with E-state index in [1.54, 1.807) is 0 Å². The lowest BCUT2D eigenvalue weighted by atomic mass is 9.86. The fourth-order valence-electron chi connectivity index (χ4n) is 4.81. The highest BCUT2D eigenvalue weighted by Crippen LogP contribution is 2.43. The van der Waals surface area contributed by atoms with Crippen LogP contribution in [0.25, 0.3) is 17.0 Å². The van der Waals surface area contributed by atoms with Gasteiger partial charge in [0.1, 0.15) is 11.6 Å². The Kier molecular flexibility index (Phi) is 6.47. The number of aromatic nitrogens is 1. The second-order valence-corrected chi connectivity index (χ2v) is 8.58. The number of fused-ring (bicyclic) bond motifs is 3. The summed E-state index contributed by atoms with van der Waals surface area (Å²) < 4.78 is 31.0. The quantitative estimate of drug-likeness (QED) is 0.331. The van der Waals surface area contributed by atoms with E-state index in [0.29, 0.717) is 6.54 Å². The molecule has 1 aromatic heterocycles. The van der Waals surface area contributed by atoms with Gasteiger partial charge in [0.15, 0.2) is 0 Å². The van der Waals surface area contributed by atoms with E-state index in [-0.39, 0.29) is 17.2 Å². The van der Waals surface area contributed by atoms with Crippen LogP contribution in [-0.4, -0.2) is 33.5 Å². The molecule has 0 spiro atoms. The first-order chi connectivity index (χ1) is 15.8. The average Bonchev–Trinajstić information content (AvgIpc) is 3.16. The summed E-state index contributed by atoms with van der Waals surface area (Å²) in [6, 6.07) is 9.78. The molecular weight excluding hydrogens is 422 g/mol. The first kappa shape index (κ1) is 22.9. The van der Waals surface area contributed by atoms with Gasteiger partial charge in [-0.25, -0.2) is 13.6 Å². The molecule has 172 valence electrons. The van der Waals surface area contributed by atoms with E-state index < -0.39 is 23.6 Å². The third-order valence-electron chi connectivity index (χ3n) is 6.53. The van der Waals surface area contributed by atoms with Crippen LogP contribution in [0.2, 0.25) is 0 Å². The van der Waals surface area contributed by atoms with Crippen molar-refractivity contribution >= 4 is 22.9 Å². The van der Waals surface area contributed by atoms with E-state index >= 15 is 8.78 Å². The van der Waals surface area contributed by atoms with Crippen LogP contribution in [0.15, 0.2) is 54.6 Å². The standard InChI is InChI=1S/C27H28F2N2O2/c1-4-16(3)15-31-18(5-2)14-20-19-8-6-7-9-23(19)30-26(20)27(31)25-21(28)12-17(13-22(25)29)10-11-24(32)33/h6-13,18,27,30H,3-5,14-15H2,1-2H3,(H,32,33)/b11-10+. The molecule has 2 N–H and O–H groups in total. The van der Waals surface area contributed by atoms with Crippen LogP contribution in [0.5, 0.6) is 0 Å². The van der Waals surface area contributed by atoms with Gasteiger partial charge in [-0.3, -0.25) is 4.90 Å². The van der Waals surface area contributed by atoms with Gasteiger partial charge in [0.2, 0.25) is 0 Å². The first-order valence-electron chi connectivity index (χ1n) is 11.3. The highest BCUT2D eigenvalue weighted by molar-refractivity contribution is 5.86. The molecule has 2 aromatic carbocycles. The fraction of sp³-hybridized carbons (Fsp3) is 0.296. The SMILES string of the molecule is C=C(CC)CN1C(CC)Cc2c([nH]c3ccccc23)C1c1c(F)cc(/C=C/C(=O)O)cc1F. The molecule has 3 aromatic rings. The normalized spacial score (nSPS) is 18.7. The largest absolute Gasteiger partial charge is 0.478 e.